The maximum absolute atomic E-state index is 6.02. The van der Waals surface area contributed by atoms with E-state index in [1.807, 2.05) is 24.3 Å². The minimum Gasteiger partial charge on any atom is -0.497 e. The molecule has 0 aliphatic rings. The zero-order valence-corrected chi connectivity index (χ0v) is 13.3. The van der Waals surface area contributed by atoms with Crippen LogP contribution in [0.5, 0.6) is 5.75 Å². The second-order valence-corrected chi connectivity index (χ2v) is 5.37. The summed E-state index contributed by atoms with van der Waals surface area (Å²) in [4.78, 5) is 10.8. The summed E-state index contributed by atoms with van der Waals surface area (Å²) in [6.45, 7) is 1.02. The fourth-order valence-corrected chi connectivity index (χ4v) is 2.09. The largest absolute Gasteiger partial charge is 0.497 e. The van der Waals surface area contributed by atoms with Crippen LogP contribution in [0.4, 0.5) is 17.5 Å². The van der Waals surface area contributed by atoms with Gasteiger partial charge in [-0.2, -0.15) is 4.98 Å². The molecule has 3 N–H and O–H groups in total. The highest BCUT2D eigenvalue weighted by atomic mass is 16.5. The molecule has 0 radical (unpaired) electrons. The van der Waals surface area contributed by atoms with E-state index in [-0.39, 0.29) is 0 Å². The van der Waals surface area contributed by atoms with Gasteiger partial charge in [0.1, 0.15) is 11.6 Å². The van der Waals surface area contributed by atoms with Gasteiger partial charge in [0.25, 0.3) is 0 Å². The second-order valence-electron chi connectivity index (χ2n) is 5.37. The van der Waals surface area contributed by atoms with Crippen LogP contribution in [0.15, 0.2) is 30.5 Å². The molecular formula is C16H23N5O. The number of anilines is 3. The van der Waals surface area contributed by atoms with Gasteiger partial charge in [-0.1, -0.05) is 6.07 Å². The normalized spacial score (nSPS) is 10.7. The number of nitrogen functional groups attached to an aromatic ring is 1. The predicted octanol–water partition coefficient (Wildman–Crippen LogP) is 2.31. The monoisotopic (exact) mass is 301 g/mol. The number of aryl methyl sites for hydroxylation is 1. The van der Waals surface area contributed by atoms with E-state index in [1.165, 1.54) is 0 Å². The third-order valence-corrected chi connectivity index (χ3v) is 3.28. The molecule has 0 atom stereocenters. The minimum absolute atomic E-state index is 0.488. The molecule has 6 heteroatoms. The van der Waals surface area contributed by atoms with Gasteiger partial charge in [-0.15, -0.1) is 0 Å². The molecular weight excluding hydrogens is 278 g/mol. The van der Waals surface area contributed by atoms with Crippen LogP contribution in [0, 0.1) is 0 Å². The topological polar surface area (TPSA) is 76.3 Å². The number of aromatic nitrogens is 2. The van der Waals surface area contributed by atoms with Crippen molar-refractivity contribution in [2.45, 2.75) is 12.8 Å². The summed E-state index contributed by atoms with van der Waals surface area (Å²) < 4.78 is 5.19. The van der Waals surface area contributed by atoms with Crippen LogP contribution in [0.1, 0.15) is 12.0 Å². The lowest BCUT2D eigenvalue weighted by Gasteiger charge is -2.11. The molecule has 0 amide bonds. The molecule has 2 aromatic rings. The SMILES string of the molecule is COc1cccc(Nc2ncc(CCCN(C)C)c(N)n2)c1. The number of rotatable bonds is 7. The third kappa shape index (κ3) is 4.60. The summed E-state index contributed by atoms with van der Waals surface area (Å²) >= 11 is 0. The smallest absolute Gasteiger partial charge is 0.229 e. The van der Waals surface area contributed by atoms with Crippen LogP contribution in [0.3, 0.4) is 0 Å². The second kappa shape index (κ2) is 7.61. The summed E-state index contributed by atoms with van der Waals surface area (Å²) in [6.07, 6.45) is 3.70. The molecule has 0 aliphatic carbocycles. The van der Waals surface area contributed by atoms with Crippen molar-refractivity contribution >= 4 is 17.5 Å². The molecule has 0 bridgehead atoms. The van der Waals surface area contributed by atoms with Gasteiger partial charge in [0.2, 0.25) is 5.95 Å². The molecule has 0 aliphatic heterocycles. The maximum Gasteiger partial charge on any atom is 0.229 e. The molecule has 0 fully saturated rings. The summed E-state index contributed by atoms with van der Waals surface area (Å²) in [5.74, 6) is 1.79. The maximum atomic E-state index is 6.02. The van der Waals surface area contributed by atoms with Crippen LogP contribution in [-0.2, 0) is 6.42 Å². The Bertz CT molecular complexity index is 615. The summed E-state index contributed by atoms with van der Waals surface area (Å²) in [6, 6.07) is 7.59. The first-order valence-corrected chi connectivity index (χ1v) is 7.25. The molecule has 0 spiro atoms. The summed E-state index contributed by atoms with van der Waals surface area (Å²) in [5.41, 5.74) is 7.86. The van der Waals surface area contributed by atoms with Gasteiger partial charge >= 0.3 is 0 Å². The molecule has 0 saturated carbocycles. The van der Waals surface area contributed by atoms with Gasteiger partial charge < -0.3 is 20.7 Å². The van der Waals surface area contributed by atoms with E-state index in [0.717, 1.165) is 36.4 Å². The first-order chi connectivity index (χ1) is 10.6. The van der Waals surface area contributed by atoms with Crippen molar-refractivity contribution in [2.75, 3.05) is 38.8 Å². The molecule has 6 nitrogen and oxygen atoms in total. The Balaban J connectivity index is 2.02. The highest BCUT2D eigenvalue weighted by Crippen LogP contribution is 2.20. The standard InChI is InChI=1S/C16H23N5O/c1-21(2)9-5-6-12-11-18-16(20-15(12)17)19-13-7-4-8-14(10-13)22-3/h4,7-8,10-11H,5-6,9H2,1-3H3,(H3,17,18,19,20). The fourth-order valence-electron chi connectivity index (χ4n) is 2.09. The van der Waals surface area contributed by atoms with E-state index in [2.05, 4.69) is 34.3 Å². The highest BCUT2D eigenvalue weighted by molar-refractivity contribution is 5.57. The lowest BCUT2D eigenvalue weighted by molar-refractivity contribution is 0.400. The van der Waals surface area contributed by atoms with Crippen molar-refractivity contribution < 1.29 is 4.74 Å². The summed E-state index contributed by atoms with van der Waals surface area (Å²) in [7, 11) is 5.75. The van der Waals surface area contributed by atoms with E-state index in [4.69, 9.17) is 10.5 Å². The van der Waals surface area contributed by atoms with Crippen molar-refractivity contribution in [1.29, 1.82) is 0 Å². The lowest BCUT2D eigenvalue weighted by Crippen LogP contribution is -2.14. The number of methoxy groups -OCH3 is 1. The molecule has 1 aromatic heterocycles. The number of nitrogens with two attached hydrogens (primary N) is 1. The van der Waals surface area contributed by atoms with Crippen molar-refractivity contribution in [3.8, 4) is 5.75 Å². The molecule has 118 valence electrons. The number of nitrogens with one attached hydrogen (secondary N) is 1. The Hall–Kier alpha value is -2.34. The van der Waals surface area contributed by atoms with Crippen LogP contribution in [-0.4, -0.2) is 42.6 Å². The van der Waals surface area contributed by atoms with Gasteiger partial charge in [0.15, 0.2) is 0 Å². The molecule has 1 heterocycles. The van der Waals surface area contributed by atoms with Crippen LogP contribution in [0.2, 0.25) is 0 Å². The van der Waals surface area contributed by atoms with E-state index < -0.39 is 0 Å². The van der Waals surface area contributed by atoms with Crippen molar-refractivity contribution in [3.05, 3.63) is 36.0 Å². The average Bonchev–Trinajstić information content (AvgIpc) is 2.49. The Morgan fingerprint density at radius 1 is 1.32 bits per heavy atom. The van der Waals surface area contributed by atoms with Gasteiger partial charge in [0, 0.05) is 23.5 Å². The third-order valence-electron chi connectivity index (χ3n) is 3.28. The van der Waals surface area contributed by atoms with E-state index >= 15 is 0 Å². The number of benzene rings is 1. The number of hydrogen-bond acceptors (Lipinski definition) is 6. The molecule has 0 unspecified atom stereocenters. The predicted molar refractivity (Wildman–Crippen MR) is 89.6 cm³/mol. The van der Waals surface area contributed by atoms with Gasteiger partial charge in [-0.05, 0) is 45.6 Å². The van der Waals surface area contributed by atoms with Crippen molar-refractivity contribution in [3.63, 3.8) is 0 Å². The lowest BCUT2D eigenvalue weighted by atomic mass is 10.1. The van der Waals surface area contributed by atoms with Crippen LogP contribution in [0.25, 0.3) is 0 Å². The van der Waals surface area contributed by atoms with Gasteiger partial charge in [-0.3, -0.25) is 0 Å². The van der Waals surface area contributed by atoms with E-state index in [0.29, 0.717) is 11.8 Å². The highest BCUT2D eigenvalue weighted by Gasteiger charge is 2.05. The van der Waals surface area contributed by atoms with E-state index in [9.17, 15) is 0 Å². The summed E-state index contributed by atoms with van der Waals surface area (Å²) in [5, 5.41) is 3.13. The first kappa shape index (κ1) is 16.0. The molecule has 22 heavy (non-hydrogen) atoms. The molecule has 2 rings (SSSR count). The average molecular weight is 301 g/mol. The molecule has 1 aromatic carbocycles. The van der Waals surface area contributed by atoms with Gasteiger partial charge in [0.05, 0.1) is 7.11 Å². The number of nitrogens with zero attached hydrogens (tertiary/aromatic N) is 3. The Morgan fingerprint density at radius 2 is 2.14 bits per heavy atom. The van der Waals surface area contributed by atoms with Crippen LogP contribution < -0.4 is 15.8 Å². The van der Waals surface area contributed by atoms with Crippen LogP contribution >= 0.6 is 0 Å². The zero-order valence-electron chi connectivity index (χ0n) is 13.3. The van der Waals surface area contributed by atoms with Crippen molar-refractivity contribution in [1.82, 2.24) is 14.9 Å². The molecule has 0 saturated heterocycles. The van der Waals surface area contributed by atoms with Crippen molar-refractivity contribution in [2.24, 2.45) is 0 Å². The zero-order chi connectivity index (χ0) is 15.9. The number of ether oxygens (including phenoxy) is 1. The van der Waals surface area contributed by atoms with E-state index in [1.54, 1.807) is 13.3 Å². The number of hydrogen-bond donors (Lipinski definition) is 2. The quantitative estimate of drug-likeness (QED) is 0.817. The Morgan fingerprint density at radius 3 is 2.82 bits per heavy atom. The van der Waals surface area contributed by atoms with Gasteiger partial charge in [-0.25, -0.2) is 4.98 Å². The fraction of sp³-hybridized carbons (Fsp3) is 0.375. The Labute approximate surface area is 131 Å². The first-order valence-electron chi connectivity index (χ1n) is 7.25. The Kier molecular flexibility index (Phi) is 5.55. The minimum atomic E-state index is 0.488.